The molecule has 1 aromatic heterocycles. The standard InChI is InChI=1S/C21H20N4O4S/c1-13-23-24-21(30-13)22-20(27)14-11-19(26)25(12-14)15-3-5-17(6-4-15)29-18-9-7-16(28-2)8-10-18/h3-10,14H,11-12H2,1-2H3,(H,22,24,27)/t14-/m1/s1. The maximum absolute atomic E-state index is 12.5. The number of benzene rings is 2. The summed E-state index contributed by atoms with van der Waals surface area (Å²) in [5.41, 5.74) is 0.726. The highest BCUT2D eigenvalue weighted by Crippen LogP contribution is 2.30. The van der Waals surface area contributed by atoms with Crippen LogP contribution in [0.3, 0.4) is 0 Å². The van der Waals surface area contributed by atoms with Crippen molar-refractivity contribution in [3.05, 3.63) is 53.5 Å². The molecule has 1 atom stereocenters. The van der Waals surface area contributed by atoms with Crippen LogP contribution in [0.25, 0.3) is 0 Å². The number of ether oxygens (including phenoxy) is 2. The number of nitrogens with zero attached hydrogens (tertiary/aromatic N) is 3. The lowest BCUT2D eigenvalue weighted by Crippen LogP contribution is -2.28. The van der Waals surface area contributed by atoms with Gasteiger partial charge in [-0.25, -0.2) is 0 Å². The van der Waals surface area contributed by atoms with Gasteiger partial charge in [0.25, 0.3) is 0 Å². The van der Waals surface area contributed by atoms with E-state index in [-0.39, 0.29) is 18.2 Å². The van der Waals surface area contributed by atoms with E-state index >= 15 is 0 Å². The van der Waals surface area contributed by atoms with Crippen LogP contribution in [0.15, 0.2) is 48.5 Å². The van der Waals surface area contributed by atoms with Crippen LogP contribution in [-0.2, 0) is 9.59 Å². The van der Waals surface area contributed by atoms with E-state index in [1.807, 2.05) is 43.3 Å². The van der Waals surface area contributed by atoms with Crippen LogP contribution < -0.4 is 19.7 Å². The Balaban J connectivity index is 1.38. The molecule has 0 radical (unpaired) electrons. The minimum Gasteiger partial charge on any atom is -0.497 e. The zero-order chi connectivity index (χ0) is 21.1. The number of hydrogen-bond acceptors (Lipinski definition) is 7. The van der Waals surface area contributed by atoms with Crippen molar-refractivity contribution < 1.29 is 19.1 Å². The summed E-state index contributed by atoms with van der Waals surface area (Å²) < 4.78 is 10.9. The first-order valence-electron chi connectivity index (χ1n) is 9.35. The van der Waals surface area contributed by atoms with E-state index in [1.165, 1.54) is 11.3 Å². The van der Waals surface area contributed by atoms with Crippen LogP contribution in [0, 0.1) is 12.8 Å². The fraction of sp³-hybridized carbons (Fsp3) is 0.238. The number of methoxy groups -OCH3 is 1. The Morgan fingerprint density at radius 1 is 1.07 bits per heavy atom. The molecule has 9 heteroatoms. The van der Waals surface area contributed by atoms with Gasteiger partial charge in [-0.2, -0.15) is 0 Å². The number of rotatable bonds is 6. The minimum atomic E-state index is -0.433. The summed E-state index contributed by atoms with van der Waals surface area (Å²) in [7, 11) is 1.61. The number of aryl methyl sites for hydroxylation is 1. The van der Waals surface area contributed by atoms with Gasteiger partial charge in [-0.3, -0.25) is 9.59 Å². The van der Waals surface area contributed by atoms with E-state index in [0.29, 0.717) is 23.2 Å². The van der Waals surface area contributed by atoms with E-state index in [4.69, 9.17) is 9.47 Å². The van der Waals surface area contributed by atoms with Crippen LogP contribution in [0.2, 0.25) is 0 Å². The minimum absolute atomic E-state index is 0.0904. The Morgan fingerprint density at radius 3 is 2.30 bits per heavy atom. The molecular formula is C21H20N4O4S. The van der Waals surface area contributed by atoms with Crippen molar-refractivity contribution in [2.24, 2.45) is 5.92 Å². The lowest BCUT2D eigenvalue weighted by Gasteiger charge is -2.17. The number of hydrogen-bond donors (Lipinski definition) is 1. The summed E-state index contributed by atoms with van der Waals surface area (Å²) in [6.45, 7) is 2.14. The molecule has 4 rings (SSSR count). The third-order valence-electron chi connectivity index (χ3n) is 4.70. The number of amides is 2. The summed E-state index contributed by atoms with van der Waals surface area (Å²) in [6, 6.07) is 14.5. The summed E-state index contributed by atoms with van der Waals surface area (Å²) in [6.07, 6.45) is 0.160. The monoisotopic (exact) mass is 424 g/mol. The summed E-state index contributed by atoms with van der Waals surface area (Å²) in [5.74, 6) is 1.34. The summed E-state index contributed by atoms with van der Waals surface area (Å²) in [4.78, 5) is 26.5. The fourth-order valence-electron chi connectivity index (χ4n) is 3.16. The van der Waals surface area contributed by atoms with E-state index in [0.717, 1.165) is 16.4 Å². The van der Waals surface area contributed by atoms with Gasteiger partial charge in [0.2, 0.25) is 16.9 Å². The molecule has 1 aliphatic heterocycles. The summed E-state index contributed by atoms with van der Waals surface area (Å²) in [5, 5.41) is 11.7. The lowest BCUT2D eigenvalue weighted by atomic mass is 10.1. The van der Waals surface area contributed by atoms with Crippen LogP contribution in [-0.4, -0.2) is 35.7 Å². The Morgan fingerprint density at radius 2 is 1.70 bits per heavy atom. The molecule has 2 amide bonds. The van der Waals surface area contributed by atoms with Crippen molar-refractivity contribution in [3.63, 3.8) is 0 Å². The van der Waals surface area contributed by atoms with Gasteiger partial charge in [0.15, 0.2) is 0 Å². The molecule has 1 N–H and O–H groups in total. The molecule has 1 saturated heterocycles. The third-order valence-corrected chi connectivity index (χ3v) is 5.45. The average molecular weight is 424 g/mol. The van der Waals surface area contributed by atoms with Crippen molar-refractivity contribution in [3.8, 4) is 17.2 Å². The van der Waals surface area contributed by atoms with Crippen LogP contribution >= 0.6 is 11.3 Å². The zero-order valence-corrected chi connectivity index (χ0v) is 17.3. The smallest absolute Gasteiger partial charge is 0.231 e. The SMILES string of the molecule is COc1ccc(Oc2ccc(N3C[C@H](C(=O)Nc4nnc(C)s4)CC3=O)cc2)cc1. The first kappa shape index (κ1) is 19.8. The maximum Gasteiger partial charge on any atom is 0.231 e. The highest BCUT2D eigenvalue weighted by Gasteiger charge is 2.35. The molecule has 0 saturated carbocycles. The predicted molar refractivity (Wildman–Crippen MR) is 113 cm³/mol. The molecule has 3 aromatic rings. The normalized spacial score (nSPS) is 15.9. The van der Waals surface area contributed by atoms with Gasteiger partial charge in [-0.05, 0) is 55.5 Å². The molecule has 2 heterocycles. The number of nitrogens with one attached hydrogen (secondary N) is 1. The Kier molecular flexibility index (Phi) is 5.62. The third kappa shape index (κ3) is 4.41. The van der Waals surface area contributed by atoms with Gasteiger partial charge in [0.05, 0.1) is 13.0 Å². The first-order valence-corrected chi connectivity index (χ1v) is 10.2. The van der Waals surface area contributed by atoms with Crippen molar-refractivity contribution >= 4 is 34.0 Å². The predicted octanol–water partition coefficient (Wildman–Crippen LogP) is 3.64. The number of anilines is 2. The molecule has 0 spiro atoms. The Hall–Kier alpha value is -3.46. The van der Waals surface area contributed by atoms with Crippen molar-refractivity contribution in [2.45, 2.75) is 13.3 Å². The zero-order valence-electron chi connectivity index (χ0n) is 16.5. The van der Waals surface area contributed by atoms with E-state index in [9.17, 15) is 9.59 Å². The van der Waals surface area contributed by atoms with E-state index in [1.54, 1.807) is 24.1 Å². The topological polar surface area (TPSA) is 93.7 Å². The quantitative estimate of drug-likeness (QED) is 0.649. The van der Waals surface area contributed by atoms with Gasteiger partial charge in [-0.1, -0.05) is 11.3 Å². The number of carbonyl (C=O) groups excluding carboxylic acids is 2. The molecule has 0 unspecified atom stereocenters. The van der Waals surface area contributed by atoms with Gasteiger partial charge in [0.1, 0.15) is 22.3 Å². The molecule has 0 aliphatic carbocycles. The molecular weight excluding hydrogens is 404 g/mol. The van der Waals surface area contributed by atoms with Crippen molar-refractivity contribution in [1.82, 2.24) is 10.2 Å². The highest BCUT2D eigenvalue weighted by atomic mass is 32.1. The number of carbonyl (C=O) groups is 2. The molecule has 1 fully saturated rings. The van der Waals surface area contributed by atoms with Gasteiger partial charge < -0.3 is 19.7 Å². The average Bonchev–Trinajstić information content (AvgIpc) is 3.34. The fourth-order valence-corrected chi connectivity index (χ4v) is 3.76. The second-order valence-electron chi connectivity index (χ2n) is 6.79. The second-order valence-corrected chi connectivity index (χ2v) is 7.97. The van der Waals surface area contributed by atoms with Crippen LogP contribution in [0.1, 0.15) is 11.4 Å². The Labute approximate surface area is 177 Å². The summed E-state index contributed by atoms with van der Waals surface area (Å²) >= 11 is 1.30. The molecule has 0 bridgehead atoms. The van der Waals surface area contributed by atoms with E-state index in [2.05, 4.69) is 15.5 Å². The lowest BCUT2D eigenvalue weighted by molar-refractivity contribution is -0.122. The highest BCUT2D eigenvalue weighted by molar-refractivity contribution is 7.15. The first-order chi connectivity index (χ1) is 14.5. The van der Waals surface area contributed by atoms with Gasteiger partial charge in [-0.15, -0.1) is 10.2 Å². The van der Waals surface area contributed by atoms with Crippen LogP contribution in [0.4, 0.5) is 10.8 Å². The van der Waals surface area contributed by atoms with Gasteiger partial charge in [0, 0.05) is 18.7 Å². The Bertz CT molecular complexity index is 1050. The molecule has 2 aromatic carbocycles. The second kappa shape index (κ2) is 8.50. The number of aromatic nitrogens is 2. The molecule has 154 valence electrons. The van der Waals surface area contributed by atoms with Crippen molar-refractivity contribution in [2.75, 3.05) is 23.9 Å². The van der Waals surface area contributed by atoms with E-state index < -0.39 is 5.92 Å². The van der Waals surface area contributed by atoms with Crippen molar-refractivity contribution in [1.29, 1.82) is 0 Å². The van der Waals surface area contributed by atoms with Gasteiger partial charge >= 0.3 is 0 Å². The molecule has 8 nitrogen and oxygen atoms in total. The molecule has 30 heavy (non-hydrogen) atoms. The van der Waals surface area contributed by atoms with Crippen LogP contribution in [0.5, 0.6) is 17.2 Å². The maximum atomic E-state index is 12.5. The molecule has 1 aliphatic rings. The largest absolute Gasteiger partial charge is 0.497 e.